The number of benzene rings is 1. The molecule has 0 spiro atoms. The van der Waals surface area contributed by atoms with Crippen molar-refractivity contribution in [3.05, 3.63) is 29.8 Å². The van der Waals surface area contributed by atoms with Crippen LogP contribution in [0.1, 0.15) is 5.56 Å². The number of ether oxygens (including phenoxy) is 1. The lowest BCUT2D eigenvalue weighted by Crippen LogP contribution is -2.11. The van der Waals surface area contributed by atoms with Crippen LogP contribution < -0.4 is 5.32 Å². The zero-order valence-electron chi connectivity index (χ0n) is 8.49. The van der Waals surface area contributed by atoms with Crippen LogP contribution in [0.3, 0.4) is 0 Å². The van der Waals surface area contributed by atoms with Crippen molar-refractivity contribution in [2.24, 2.45) is 0 Å². The second-order valence-electron chi connectivity index (χ2n) is 3.08. The number of nitrogens with one attached hydrogen (secondary N) is 1. The van der Waals surface area contributed by atoms with Crippen molar-refractivity contribution in [1.29, 1.82) is 0 Å². The van der Waals surface area contributed by atoms with Crippen LogP contribution >= 0.6 is 0 Å². The Morgan fingerprint density at radius 2 is 2.07 bits per heavy atom. The molecule has 0 aliphatic rings. The SMILES string of the molecule is Cc1ccccc1NCCOCCO. The Morgan fingerprint density at radius 3 is 2.79 bits per heavy atom. The van der Waals surface area contributed by atoms with Crippen LogP contribution in [0.25, 0.3) is 0 Å². The second kappa shape index (κ2) is 6.40. The smallest absolute Gasteiger partial charge is 0.0698 e. The first-order valence-corrected chi connectivity index (χ1v) is 4.82. The predicted molar refractivity (Wildman–Crippen MR) is 57.6 cm³/mol. The highest BCUT2D eigenvalue weighted by molar-refractivity contribution is 5.50. The topological polar surface area (TPSA) is 41.5 Å². The summed E-state index contributed by atoms with van der Waals surface area (Å²) < 4.78 is 5.13. The van der Waals surface area contributed by atoms with Crippen molar-refractivity contribution < 1.29 is 9.84 Å². The van der Waals surface area contributed by atoms with Crippen LogP contribution in [-0.2, 0) is 4.74 Å². The van der Waals surface area contributed by atoms with Gasteiger partial charge in [0.15, 0.2) is 0 Å². The zero-order chi connectivity index (χ0) is 10.2. The van der Waals surface area contributed by atoms with Gasteiger partial charge in [-0.3, -0.25) is 0 Å². The fourth-order valence-electron chi connectivity index (χ4n) is 1.20. The van der Waals surface area contributed by atoms with Crippen LogP contribution in [-0.4, -0.2) is 31.5 Å². The van der Waals surface area contributed by atoms with Gasteiger partial charge in [-0.15, -0.1) is 0 Å². The highest BCUT2D eigenvalue weighted by Crippen LogP contribution is 2.12. The summed E-state index contributed by atoms with van der Waals surface area (Å²) in [5.74, 6) is 0. The Morgan fingerprint density at radius 1 is 1.29 bits per heavy atom. The molecule has 0 saturated heterocycles. The molecule has 3 nitrogen and oxygen atoms in total. The maximum atomic E-state index is 8.48. The number of aryl methyl sites for hydroxylation is 1. The molecule has 78 valence electrons. The maximum Gasteiger partial charge on any atom is 0.0698 e. The summed E-state index contributed by atoms with van der Waals surface area (Å²) in [6, 6.07) is 8.13. The Balaban J connectivity index is 2.21. The van der Waals surface area contributed by atoms with Gasteiger partial charge in [0.2, 0.25) is 0 Å². The quantitative estimate of drug-likeness (QED) is 0.674. The zero-order valence-corrected chi connectivity index (χ0v) is 8.49. The van der Waals surface area contributed by atoms with Crippen molar-refractivity contribution in [2.75, 3.05) is 31.7 Å². The van der Waals surface area contributed by atoms with Gasteiger partial charge in [-0.2, -0.15) is 0 Å². The van der Waals surface area contributed by atoms with E-state index < -0.39 is 0 Å². The molecule has 0 saturated carbocycles. The molecule has 0 aliphatic carbocycles. The minimum absolute atomic E-state index is 0.0877. The number of aliphatic hydroxyl groups excluding tert-OH is 1. The van der Waals surface area contributed by atoms with Gasteiger partial charge in [-0.1, -0.05) is 18.2 Å². The van der Waals surface area contributed by atoms with Gasteiger partial charge in [0.05, 0.1) is 19.8 Å². The first-order valence-electron chi connectivity index (χ1n) is 4.82. The number of aliphatic hydroxyl groups is 1. The largest absolute Gasteiger partial charge is 0.394 e. The average molecular weight is 195 g/mol. The summed E-state index contributed by atoms with van der Waals surface area (Å²) >= 11 is 0. The molecule has 1 rings (SSSR count). The number of rotatable bonds is 6. The molecule has 1 aromatic rings. The van der Waals surface area contributed by atoms with Crippen molar-refractivity contribution in [3.8, 4) is 0 Å². The Bertz CT molecular complexity index is 263. The molecular weight excluding hydrogens is 178 g/mol. The molecule has 1 aromatic carbocycles. The maximum absolute atomic E-state index is 8.48. The number of hydrogen-bond donors (Lipinski definition) is 2. The van der Waals surface area contributed by atoms with Gasteiger partial charge >= 0.3 is 0 Å². The standard InChI is InChI=1S/C11H17NO2/c1-10-4-2-3-5-11(10)12-6-8-14-9-7-13/h2-5,12-13H,6-9H2,1H3. The second-order valence-corrected chi connectivity index (χ2v) is 3.08. The molecule has 2 N–H and O–H groups in total. The summed E-state index contributed by atoms with van der Waals surface area (Å²) in [5.41, 5.74) is 2.37. The van der Waals surface area contributed by atoms with E-state index in [2.05, 4.69) is 18.3 Å². The van der Waals surface area contributed by atoms with E-state index in [-0.39, 0.29) is 6.61 Å². The fourth-order valence-corrected chi connectivity index (χ4v) is 1.20. The van der Waals surface area contributed by atoms with Crippen molar-refractivity contribution >= 4 is 5.69 Å². The van der Waals surface area contributed by atoms with Gasteiger partial charge < -0.3 is 15.2 Å². The molecule has 0 fully saturated rings. The fraction of sp³-hybridized carbons (Fsp3) is 0.455. The molecule has 0 unspecified atom stereocenters. The van der Waals surface area contributed by atoms with Crippen molar-refractivity contribution in [1.82, 2.24) is 0 Å². The summed E-state index contributed by atoms with van der Waals surface area (Å²) in [5, 5.41) is 11.7. The van der Waals surface area contributed by atoms with E-state index in [0.29, 0.717) is 13.2 Å². The van der Waals surface area contributed by atoms with Gasteiger partial charge in [0.25, 0.3) is 0 Å². The molecule has 0 radical (unpaired) electrons. The van der Waals surface area contributed by atoms with Crippen molar-refractivity contribution in [3.63, 3.8) is 0 Å². The third-order valence-electron chi connectivity index (χ3n) is 1.94. The van der Waals surface area contributed by atoms with E-state index in [1.54, 1.807) is 0 Å². The first kappa shape index (κ1) is 11.0. The molecule has 0 heterocycles. The molecule has 0 bridgehead atoms. The Labute approximate surface area is 84.7 Å². The lowest BCUT2D eigenvalue weighted by molar-refractivity contribution is 0.0992. The van der Waals surface area contributed by atoms with E-state index >= 15 is 0 Å². The summed E-state index contributed by atoms with van der Waals surface area (Å²) in [4.78, 5) is 0. The van der Waals surface area contributed by atoms with E-state index in [0.717, 1.165) is 12.2 Å². The number of para-hydroxylation sites is 1. The summed E-state index contributed by atoms with van der Waals surface area (Å²) in [6.07, 6.45) is 0. The number of anilines is 1. The normalized spacial score (nSPS) is 10.1. The molecule has 0 atom stereocenters. The van der Waals surface area contributed by atoms with Crippen LogP contribution in [0.2, 0.25) is 0 Å². The Kier molecular flexibility index (Phi) is 5.04. The van der Waals surface area contributed by atoms with E-state index in [9.17, 15) is 0 Å². The molecule has 0 aliphatic heterocycles. The van der Waals surface area contributed by atoms with Gasteiger partial charge in [0, 0.05) is 12.2 Å². The van der Waals surface area contributed by atoms with E-state index in [4.69, 9.17) is 9.84 Å². The van der Waals surface area contributed by atoms with Crippen LogP contribution in [0.15, 0.2) is 24.3 Å². The van der Waals surface area contributed by atoms with E-state index in [1.165, 1.54) is 5.56 Å². The third-order valence-corrected chi connectivity index (χ3v) is 1.94. The van der Waals surface area contributed by atoms with Gasteiger partial charge in [-0.05, 0) is 18.6 Å². The van der Waals surface area contributed by atoms with Crippen LogP contribution in [0, 0.1) is 6.92 Å². The molecule has 14 heavy (non-hydrogen) atoms. The van der Waals surface area contributed by atoms with Gasteiger partial charge in [0.1, 0.15) is 0 Å². The molecule has 3 heteroatoms. The first-order chi connectivity index (χ1) is 6.84. The molecule has 0 amide bonds. The summed E-state index contributed by atoms with van der Waals surface area (Å²) in [6.45, 7) is 3.95. The summed E-state index contributed by atoms with van der Waals surface area (Å²) in [7, 11) is 0. The van der Waals surface area contributed by atoms with Crippen LogP contribution in [0.4, 0.5) is 5.69 Å². The van der Waals surface area contributed by atoms with Crippen molar-refractivity contribution in [2.45, 2.75) is 6.92 Å². The lowest BCUT2D eigenvalue weighted by atomic mass is 10.2. The Hall–Kier alpha value is -1.06. The average Bonchev–Trinajstić information content (AvgIpc) is 2.20. The van der Waals surface area contributed by atoms with E-state index in [1.807, 2.05) is 18.2 Å². The lowest BCUT2D eigenvalue weighted by Gasteiger charge is -2.08. The minimum Gasteiger partial charge on any atom is -0.394 e. The van der Waals surface area contributed by atoms with Crippen LogP contribution in [0.5, 0.6) is 0 Å². The minimum atomic E-state index is 0.0877. The highest BCUT2D eigenvalue weighted by Gasteiger charge is 1.94. The highest BCUT2D eigenvalue weighted by atomic mass is 16.5. The third kappa shape index (κ3) is 3.77. The molecular formula is C11H17NO2. The predicted octanol–water partition coefficient (Wildman–Crippen LogP) is 1.42. The number of hydrogen-bond acceptors (Lipinski definition) is 3. The molecule has 0 aromatic heterocycles. The van der Waals surface area contributed by atoms with Gasteiger partial charge in [-0.25, -0.2) is 0 Å². The monoisotopic (exact) mass is 195 g/mol.